The smallest absolute Gasteiger partial charge is 0.0547 e. The highest BCUT2D eigenvalue weighted by Crippen LogP contribution is 2.32. The predicted octanol–water partition coefficient (Wildman–Crippen LogP) is 1.17. The first-order chi connectivity index (χ1) is 9.72. The van der Waals surface area contributed by atoms with Crippen LogP contribution in [-0.4, -0.2) is 74.4 Å². The summed E-state index contributed by atoms with van der Waals surface area (Å²) in [5.41, 5.74) is 0.352. The van der Waals surface area contributed by atoms with Gasteiger partial charge in [0.15, 0.2) is 0 Å². The summed E-state index contributed by atoms with van der Waals surface area (Å²) in [6.07, 6.45) is 4.02. The molecule has 0 aromatic carbocycles. The first kappa shape index (κ1) is 14.8. The monoisotopic (exact) mass is 281 g/mol. The molecule has 0 bridgehead atoms. The number of hydrogen-bond donors (Lipinski definition) is 1. The molecule has 0 amide bonds. The van der Waals surface area contributed by atoms with E-state index in [1.165, 1.54) is 45.4 Å². The van der Waals surface area contributed by atoms with Gasteiger partial charge in [-0.1, -0.05) is 6.92 Å². The predicted molar refractivity (Wildman–Crippen MR) is 82.0 cm³/mol. The summed E-state index contributed by atoms with van der Waals surface area (Å²) in [4.78, 5) is 5.46. The molecule has 0 saturated carbocycles. The minimum absolute atomic E-state index is 0.352. The minimum atomic E-state index is 0.352. The summed E-state index contributed by atoms with van der Waals surface area (Å²) in [6, 6.07) is 1.52. The standard InChI is InChI=1S/C16H31N3O/c1-3-17-11-16(6-8-20-13-16)12-19-10-15-5-4-7-18(15)9-14(19)2/h14-15,17H,3-13H2,1-2H3. The lowest BCUT2D eigenvalue weighted by molar-refractivity contribution is 0.0212. The lowest BCUT2D eigenvalue weighted by Crippen LogP contribution is -2.58. The minimum Gasteiger partial charge on any atom is -0.381 e. The van der Waals surface area contributed by atoms with E-state index in [-0.39, 0.29) is 0 Å². The number of rotatable bonds is 5. The molecule has 4 nitrogen and oxygen atoms in total. The number of piperazine rings is 1. The second-order valence-corrected chi connectivity index (χ2v) is 7.15. The number of ether oxygens (including phenoxy) is 1. The summed E-state index contributed by atoms with van der Waals surface area (Å²) in [5, 5.41) is 3.56. The van der Waals surface area contributed by atoms with Crippen LogP contribution in [0.5, 0.6) is 0 Å². The molecule has 20 heavy (non-hydrogen) atoms. The molecule has 4 heteroatoms. The molecule has 3 unspecified atom stereocenters. The molecular formula is C16H31N3O. The number of nitrogens with one attached hydrogen (secondary N) is 1. The Kier molecular flexibility index (Phi) is 4.65. The van der Waals surface area contributed by atoms with Gasteiger partial charge >= 0.3 is 0 Å². The van der Waals surface area contributed by atoms with Crippen molar-refractivity contribution >= 4 is 0 Å². The van der Waals surface area contributed by atoms with E-state index in [1.54, 1.807) is 0 Å². The van der Waals surface area contributed by atoms with Crippen LogP contribution < -0.4 is 5.32 Å². The SMILES string of the molecule is CCNCC1(CN2CC3CCCN3CC2C)CCOC1. The Morgan fingerprint density at radius 1 is 1.35 bits per heavy atom. The molecule has 116 valence electrons. The maximum absolute atomic E-state index is 5.74. The average Bonchev–Trinajstić information content (AvgIpc) is 3.07. The summed E-state index contributed by atoms with van der Waals surface area (Å²) in [6.45, 7) is 13.8. The molecule has 3 rings (SSSR count). The Bertz CT molecular complexity index is 317. The van der Waals surface area contributed by atoms with Crippen LogP contribution in [-0.2, 0) is 4.74 Å². The molecule has 3 fully saturated rings. The number of hydrogen-bond acceptors (Lipinski definition) is 4. The van der Waals surface area contributed by atoms with Gasteiger partial charge in [0.2, 0.25) is 0 Å². The van der Waals surface area contributed by atoms with Gasteiger partial charge in [0, 0.05) is 50.3 Å². The summed E-state index contributed by atoms with van der Waals surface area (Å²) >= 11 is 0. The zero-order valence-corrected chi connectivity index (χ0v) is 13.2. The molecule has 0 aromatic heterocycles. The average molecular weight is 281 g/mol. The van der Waals surface area contributed by atoms with Crippen LogP contribution in [0.4, 0.5) is 0 Å². The molecule has 3 aliphatic heterocycles. The zero-order valence-electron chi connectivity index (χ0n) is 13.2. The van der Waals surface area contributed by atoms with Gasteiger partial charge in [-0.05, 0) is 39.3 Å². The fraction of sp³-hybridized carbons (Fsp3) is 1.00. The fourth-order valence-electron chi connectivity index (χ4n) is 4.26. The van der Waals surface area contributed by atoms with Crippen molar-refractivity contribution in [2.45, 2.75) is 45.2 Å². The van der Waals surface area contributed by atoms with Crippen molar-refractivity contribution in [1.82, 2.24) is 15.1 Å². The van der Waals surface area contributed by atoms with Crippen molar-refractivity contribution in [3.8, 4) is 0 Å². The van der Waals surface area contributed by atoms with Gasteiger partial charge in [-0.3, -0.25) is 9.80 Å². The molecule has 1 N–H and O–H groups in total. The normalized spacial score (nSPS) is 39.3. The van der Waals surface area contributed by atoms with E-state index >= 15 is 0 Å². The van der Waals surface area contributed by atoms with E-state index in [9.17, 15) is 0 Å². The van der Waals surface area contributed by atoms with Gasteiger partial charge in [-0.25, -0.2) is 0 Å². The highest BCUT2D eigenvalue weighted by atomic mass is 16.5. The van der Waals surface area contributed by atoms with Gasteiger partial charge in [0.25, 0.3) is 0 Å². The van der Waals surface area contributed by atoms with Crippen molar-refractivity contribution in [3.05, 3.63) is 0 Å². The fourth-order valence-corrected chi connectivity index (χ4v) is 4.26. The largest absolute Gasteiger partial charge is 0.381 e. The molecule has 0 spiro atoms. The highest BCUT2D eigenvalue weighted by Gasteiger charge is 2.41. The Hall–Kier alpha value is -0.160. The molecule has 3 atom stereocenters. The molecule has 0 radical (unpaired) electrons. The van der Waals surface area contributed by atoms with Crippen LogP contribution in [0.3, 0.4) is 0 Å². The third-order valence-electron chi connectivity index (χ3n) is 5.54. The number of fused-ring (bicyclic) bond motifs is 1. The summed E-state index contributed by atoms with van der Waals surface area (Å²) in [5.74, 6) is 0. The van der Waals surface area contributed by atoms with Crippen LogP contribution >= 0.6 is 0 Å². The van der Waals surface area contributed by atoms with Gasteiger partial charge in [-0.2, -0.15) is 0 Å². The van der Waals surface area contributed by atoms with Gasteiger partial charge in [0.1, 0.15) is 0 Å². The van der Waals surface area contributed by atoms with Crippen LogP contribution in [0.1, 0.15) is 33.1 Å². The van der Waals surface area contributed by atoms with E-state index in [4.69, 9.17) is 4.74 Å². The Balaban J connectivity index is 1.62. The van der Waals surface area contributed by atoms with Crippen LogP contribution in [0.25, 0.3) is 0 Å². The van der Waals surface area contributed by atoms with Crippen molar-refractivity contribution in [3.63, 3.8) is 0 Å². The van der Waals surface area contributed by atoms with Crippen LogP contribution in [0, 0.1) is 5.41 Å². The third-order valence-corrected chi connectivity index (χ3v) is 5.54. The molecule has 0 aliphatic carbocycles. The lowest BCUT2D eigenvalue weighted by Gasteiger charge is -2.45. The second kappa shape index (κ2) is 6.30. The quantitative estimate of drug-likeness (QED) is 0.819. The van der Waals surface area contributed by atoms with Crippen molar-refractivity contribution in [1.29, 1.82) is 0 Å². The van der Waals surface area contributed by atoms with Gasteiger partial charge in [-0.15, -0.1) is 0 Å². The maximum Gasteiger partial charge on any atom is 0.0547 e. The Labute approximate surface area is 123 Å². The van der Waals surface area contributed by atoms with E-state index in [1.807, 2.05) is 0 Å². The third kappa shape index (κ3) is 3.03. The number of nitrogens with zero attached hydrogens (tertiary/aromatic N) is 2. The molecule has 3 saturated heterocycles. The zero-order chi connectivity index (χ0) is 14.0. The van der Waals surface area contributed by atoms with E-state index in [2.05, 4.69) is 29.0 Å². The molecule has 3 heterocycles. The first-order valence-corrected chi connectivity index (χ1v) is 8.49. The topological polar surface area (TPSA) is 27.7 Å². The Morgan fingerprint density at radius 2 is 2.25 bits per heavy atom. The van der Waals surface area contributed by atoms with Crippen molar-refractivity contribution < 1.29 is 4.74 Å². The van der Waals surface area contributed by atoms with Gasteiger partial charge in [0.05, 0.1) is 6.61 Å². The maximum atomic E-state index is 5.74. The summed E-state index contributed by atoms with van der Waals surface area (Å²) < 4.78 is 5.74. The van der Waals surface area contributed by atoms with Gasteiger partial charge < -0.3 is 10.1 Å². The molecule has 0 aromatic rings. The first-order valence-electron chi connectivity index (χ1n) is 8.49. The molecular weight excluding hydrogens is 250 g/mol. The molecule has 3 aliphatic rings. The Morgan fingerprint density at radius 3 is 3.00 bits per heavy atom. The van der Waals surface area contributed by atoms with Crippen LogP contribution in [0.15, 0.2) is 0 Å². The van der Waals surface area contributed by atoms with Crippen molar-refractivity contribution in [2.75, 3.05) is 52.5 Å². The van der Waals surface area contributed by atoms with Crippen molar-refractivity contribution in [2.24, 2.45) is 5.41 Å². The summed E-state index contributed by atoms with van der Waals surface area (Å²) in [7, 11) is 0. The van der Waals surface area contributed by atoms with E-state index in [0.717, 1.165) is 32.3 Å². The van der Waals surface area contributed by atoms with Crippen LogP contribution in [0.2, 0.25) is 0 Å². The highest BCUT2D eigenvalue weighted by molar-refractivity contribution is 4.95. The lowest BCUT2D eigenvalue weighted by atomic mass is 9.85. The second-order valence-electron chi connectivity index (χ2n) is 7.15. The van der Waals surface area contributed by atoms with E-state index in [0.29, 0.717) is 11.5 Å². The van der Waals surface area contributed by atoms with E-state index < -0.39 is 0 Å².